The molecular formula is C30H37N7O3. The Balaban J connectivity index is 1.12. The zero-order chi connectivity index (χ0) is 26.7. The monoisotopic (exact) mass is 543 g/mol. The fourth-order valence-electron chi connectivity index (χ4n) is 7.14. The molecule has 2 amide bonds. The Bertz CT molecular complexity index is 1390. The van der Waals surface area contributed by atoms with E-state index in [0.717, 1.165) is 99.2 Å². The molecule has 3 saturated heterocycles. The van der Waals surface area contributed by atoms with Gasteiger partial charge in [0.1, 0.15) is 5.82 Å². The maximum atomic E-state index is 12.2. The number of urea groups is 1. The van der Waals surface area contributed by atoms with Crippen molar-refractivity contribution in [1.82, 2.24) is 25.1 Å². The summed E-state index contributed by atoms with van der Waals surface area (Å²) in [6, 6.07) is 8.29. The standard InChI is InChI=1S/C30H37N7O3/c38-29(33-21-6-7-21)32-20-4-2-19(3-5-20)26-34-27(36-17-23-8-9-24(18-36)40-23)25-16-31-37(28(25)35-26)22-10-13-30(14-11-22)12-1-15-39-30/h2-5,16,21-24H,1,6-15,17-18H2,(H2,32,33,38). The van der Waals surface area contributed by atoms with Gasteiger partial charge in [-0.1, -0.05) is 0 Å². The lowest BCUT2D eigenvalue weighted by Gasteiger charge is -2.36. The van der Waals surface area contributed by atoms with E-state index >= 15 is 0 Å². The Hall–Kier alpha value is -3.24. The summed E-state index contributed by atoms with van der Waals surface area (Å²) >= 11 is 0. The molecule has 2 aliphatic carbocycles. The molecule has 1 aromatic carbocycles. The van der Waals surface area contributed by atoms with Crippen LogP contribution < -0.4 is 15.5 Å². The largest absolute Gasteiger partial charge is 0.375 e. The Morgan fingerprint density at radius 3 is 2.42 bits per heavy atom. The van der Waals surface area contributed by atoms with Crippen LogP contribution in [0.1, 0.15) is 70.3 Å². The summed E-state index contributed by atoms with van der Waals surface area (Å²) in [7, 11) is 0. The zero-order valence-corrected chi connectivity index (χ0v) is 22.8. The van der Waals surface area contributed by atoms with Gasteiger partial charge < -0.3 is 25.0 Å². The molecule has 5 fully saturated rings. The first kappa shape index (κ1) is 24.5. The van der Waals surface area contributed by atoms with E-state index in [1.165, 1.54) is 12.8 Å². The molecule has 40 heavy (non-hydrogen) atoms. The molecule has 3 aliphatic heterocycles. The summed E-state index contributed by atoms with van der Waals surface area (Å²) < 4.78 is 14.5. The second-order valence-corrected chi connectivity index (χ2v) is 12.4. The summed E-state index contributed by atoms with van der Waals surface area (Å²) in [6.45, 7) is 2.58. The molecule has 210 valence electrons. The molecular weight excluding hydrogens is 506 g/mol. The van der Waals surface area contributed by atoms with Crippen LogP contribution in [-0.4, -0.2) is 69.3 Å². The maximum Gasteiger partial charge on any atom is 0.319 e. The Kier molecular flexibility index (Phi) is 5.95. The average Bonchev–Trinajstić information content (AvgIpc) is 3.34. The molecule has 0 radical (unpaired) electrons. The number of morpholine rings is 1. The van der Waals surface area contributed by atoms with Crippen molar-refractivity contribution in [2.45, 2.75) is 94.1 Å². The number of rotatable bonds is 5. The predicted molar refractivity (Wildman–Crippen MR) is 151 cm³/mol. The van der Waals surface area contributed by atoms with Crippen molar-refractivity contribution >= 4 is 28.6 Å². The van der Waals surface area contributed by atoms with E-state index in [2.05, 4.69) is 20.2 Å². The van der Waals surface area contributed by atoms with Crippen LogP contribution in [0.15, 0.2) is 30.5 Å². The van der Waals surface area contributed by atoms with Crippen molar-refractivity contribution in [2.24, 2.45) is 0 Å². The highest BCUT2D eigenvalue weighted by Gasteiger charge is 2.40. The molecule has 2 bridgehead atoms. The third-order valence-electron chi connectivity index (χ3n) is 9.49. The minimum Gasteiger partial charge on any atom is -0.375 e. The van der Waals surface area contributed by atoms with Gasteiger partial charge in [-0.25, -0.2) is 19.4 Å². The highest BCUT2D eigenvalue weighted by molar-refractivity contribution is 5.91. The summed E-state index contributed by atoms with van der Waals surface area (Å²) in [6.07, 6.45) is 13.5. The van der Waals surface area contributed by atoms with Gasteiger partial charge in [0, 0.05) is 37.0 Å². The lowest BCUT2D eigenvalue weighted by atomic mass is 9.80. The Morgan fingerprint density at radius 1 is 0.950 bits per heavy atom. The van der Waals surface area contributed by atoms with E-state index in [1.807, 2.05) is 30.5 Å². The molecule has 3 aromatic rings. The van der Waals surface area contributed by atoms with Gasteiger partial charge in [0.2, 0.25) is 0 Å². The molecule has 2 atom stereocenters. The van der Waals surface area contributed by atoms with E-state index in [1.54, 1.807) is 0 Å². The molecule has 2 unspecified atom stereocenters. The van der Waals surface area contributed by atoms with Crippen LogP contribution >= 0.6 is 0 Å². The molecule has 1 spiro atoms. The molecule has 2 N–H and O–H groups in total. The Morgan fingerprint density at radius 2 is 1.73 bits per heavy atom. The van der Waals surface area contributed by atoms with Crippen LogP contribution in [0.25, 0.3) is 22.4 Å². The number of fused-ring (bicyclic) bond motifs is 3. The quantitative estimate of drug-likeness (QED) is 0.476. The number of aromatic nitrogens is 4. The van der Waals surface area contributed by atoms with Gasteiger partial charge in [0.15, 0.2) is 11.5 Å². The first-order valence-corrected chi connectivity index (χ1v) is 15.1. The van der Waals surface area contributed by atoms with Gasteiger partial charge in [0.05, 0.1) is 35.4 Å². The number of nitrogens with zero attached hydrogens (tertiary/aromatic N) is 5. The van der Waals surface area contributed by atoms with Gasteiger partial charge in [0.25, 0.3) is 0 Å². The van der Waals surface area contributed by atoms with E-state index in [0.29, 0.717) is 17.9 Å². The number of amides is 2. The molecule has 5 aliphatic rings. The molecule has 8 rings (SSSR count). The number of hydrogen-bond acceptors (Lipinski definition) is 7. The summed E-state index contributed by atoms with van der Waals surface area (Å²) in [5.41, 5.74) is 2.66. The molecule has 10 heteroatoms. The SMILES string of the molecule is O=C(Nc1ccc(-c2nc(N3CC4CCC(C3)O4)c3cnn(C4CCC5(CCCO5)CC4)c3n2)cc1)NC1CC1. The number of carbonyl (C=O) groups excluding carboxylic acids is 1. The summed E-state index contributed by atoms with van der Waals surface area (Å²) in [4.78, 5) is 24.8. The molecule has 10 nitrogen and oxygen atoms in total. The van der Waals surface area contributed by atoms with Crippen molar-refractivity contribution in [1.29, 1.82) is 0 Å². The minimum atomic E-state index is -0.154. The first-order chi connectivity index (χ1) is 19.6. The fraction of sp³-hybridized carbons (Fsp3) is 0.600. The Labute approximate surface area is 233 Å². The number of nitrogens with one attached hydrogen (secondary N) is 2. The normalized spacial score (nSPS) is 29.8. The van der Waals surface area contributed by atoms with Crippen molar-refractivity contribution < 1.29 is 14.3 Å². The van der Waals surface area contributed by atoms with Crippen molar-refractivity contribution in [3.63, 3.8) is 0 Å². The highest BCUT2D eigenvalue weighted by Crippen LogP contribution is 2.44. The minimum absolute atomic E-state index is 0.0865. The third kappa shape index (κ3) is 4.60. The topological polar surface area (TPSA) is 106 Å². The lowest BCUT2D eigenvalue weighted by Crippen LogP contribution is -2.43. The van der Waals surface area contributed by atoms with Gasteiger partial charge in [-0.05, 0) is 88.5 Å². The van der Waals surface area contributed by atoms with E-state index < -0.39 is 0 Å². The second kappa shape index (κ2) is 9.69. The van der Waals surface area contributed by atoms with Crippen LogP contribution in [0.4, 0.5) is 16.3 Å². The lowest BCUT2D eigenvalue weighted by molar-refractivity contribution is -0.0337. The van der Waals surface area contributed by atoms with Gasteiger partial charge in [-0.2, -0.15) is 5.10 Å². The number of ether oxygens (including phenoxy) is 2. The molecule has 2 aromatic heterocycles. The van der Waals surface area contributed by atoms with Crippen molar-refractivity contribution in [3.05, 3.63) is 30.5 Å². The third-order valence-corrected chi connectivity index (χ3v) is 9.49. The van der Waals surface area contributed by atoms with E-state index in [4.69, 9.17) is 24.5 Å². The van der Waals surface area contributed by atoms with E-state index in [9.17, 15) is 4.79 Å². The summed E-state index contributed by atoms with van der Waals surface area (Å²) in [5, 5.41) is 11.8. The number of carbonyl (C=O) groups is 1. The first-order valence-electron chi connectivity index (χ1n) is 15.1. The van der Waals surface area contributed by atoms with Crippen LogP contribution in [-0.2, 0) is 9.47 Å². The second-order valence-electron chi connectivity index (χ2n) is 12.4. The van der Waals surface area contributed by atoms with Crippen molar-refractivity contribution in [3.8, 4) is 11.4 Å². The highest BCUT2D eigenvalue weighted by atomic mass is 16.5. The van der Waals surface area contributed by atoms with Crippen LogP contribution in [0.5, 0.6) is 0 Å². The van der Waals surface area contributed by atoms with Crippen LogP contribution in [0, 0.1) is 0 Å². The zero-order valence-electron chi connectivity index (χ0n) is 22.8. The smallest absolute Gasteiger partial charge is 0.319 e. The number of benzene rings is 1. The maximum absolute atomic E-state index is 12.2. The van der Waals surface area contributed by atoms with Crippen LogP contribution in [0.2, 0.25) is 0 Å². The number of anilines is 2. The predicted octanol–water partition coefficient (Wildman–Crippen LogP) is 4.81. The van der Waals surface area contributed by atoms with E-state index in [-0.39, 0.29) is 23.8 Å². The average molecular weight is 544 g/mol. The molecule has 2 saturated carbocycles. The molecule has 5 heterocycles. The summed E-state index contributed by atoms with van der Waals surface area (Å²) in [5.74, 6) is 1.63. The van der Waals surface area contributed by atoms with Crippen LogP contribution in [0.3, 0.4) is 0 Å². The van der Waals surface area contributed by atoms with Gasteiger partial charge in [-0.3, -0.25) is 0 Å². The fourth-order valence-corrected chi connectivity index (χ4v) is 7.14. The van der Waals surface area contributed by atoms with Gasteiger partial charge >= 0.3 is 6.03 Å². The van der Waals surface area contributed by atoms with Gasteiger partial charge in [-0.15, -0.1) is 0 Å². The number of hydrogen-bond donors (Lipinski definition) is 2. The van der Waals surface area contributed by atoms with Crippen molar-refractivity contribution in [2.75, 3.05) is 29.9 Å².